The number of amides is 2. The predicted molar refractivity (Wildman–Crippen MR) is 66.9 cm³/mol. The summed E-state index contributed by atoms with van der Waals surface area (Å²) in [6, 6.07) is 3.90. The van der Waals surface area contributed by atoms with Crippen LogP contribution in [0.1, 0.15) is 18.4 Å². The Morgan fingerprint density at radius 2 is 2.00 bits per heavy atom. The molecule has 0 saturated carbocycles. The van der Waals surface area contributed by atoms with Crippen LogP contribution in [0.25, 0.3) is 0 Å². The molecule has 0 aromatic carbocycles. The second kappa shape index (κ2) is 6.96. The summed E-state index contributed by atoms with van der Waals surface area (Å²) < 4.78 is 5.54. The molecule has 1 aromatic rings. The van der Waals surface area contributed by atoms with E-state index in [0.717, 1.165) is 24.5 Å². The van der Waals surface area contributed by atoms with Crippen LogP contribution < -0.4 is 10.6 Å². The van der Waals surface area contributed by atoms with E-state index in [9.17, 15) is 4.79 Å². The molecule has 1 rings (SSSR count). The zero-order valence-electron chi connectivity index (χ0n) is 10.7. The van der Waals surface area contributed by atoms with Gasteiger partial charge in [0.1, 0.15) is 11.5 Å². The van der Waals surface area contributed by atoms with E-state index in [1.165, 1.54) is 4.90 Å². The van der Waals surface area contributed by atoms with Crippen LogP contribution in [0.3, 0.4) is 0 Å². The number of urea groups is 1. The maximum absolute atomic E-state index is 11.2. The zero-order valence-corrected chi connectivity index (χ0v) is 10.7. The Morgan fingerprint density at radius 3 is 2.59 bits per heavy atom. The molecule has 0 bridgehead atoms. The van der Waals surface area contributed by atoms with Crippen LogP contribution in [0.2, 0.25) is 0 Å². The lowest BCUT2D eigenvalue weighted by Gasteiger charge is -2.11. The highest BCUT2D eigenvalue weighted by Crippen LogP contribution is 2.07. The van der Waals surface area contributed by atoms with Gasteiger partial charge in [-0.05, 0) is 12.1 Å². The maximum Gasteiger partial charge on any atom is 0.316 e. The van der Waals surface area contributed by atoms with Crippen LogP contribution in [0.15, 0.2) is 16.5 Å². The third kappa shape index (κ3) is 4.91. The molecule has 96 valence electrons. The van der Waals surface area contributed by atoms with Crippen LogP contribution in [0.5, 0.6) is 0 Å². The minimum Gasteiger partial charge on any atom is -0.465 e. The average molecular weight is 239 g/mol. The molecule has 5 nitrogen and oxygen atoms in total. The molecule has 17 heavy (non-hydrogen) atoms. The van der Waals surface area contributed by atoms with Gasteiger partial charge < -0.3 is 20.0 Å². The summed E-state index contributed by atoms with van der Waals surface area (Å²) in [4.78, 5) is 12.7. The van der Waals surface area contributed by atoms with E-state index >= 15 is 0 Å². The highest BCUT2D eigenvalue weighted by atomic mass is 16.3. The number of aryl methyl sites for hydroxylation is 1. The van der Waals surface area contributed by atoms with Crippen molar-refractivity contribution < 1.29 is 9.21 Å². The quantitative estimate of drug-likeness (QED) is 0.733. The molecule has 0 radical (unpaired) electrons. The van der Waals surface area contributed by atoms with Gasteiger partial charge in [0.05, 0.1) is 6.54 Å². The number of hydrogen-bond acceptors (Lipinski definition) is 3. The topological polar surface area (TPSA) is 57.5 Å². The first kappa shape index (κ1) is 13.6. The van der Waals surface area contributed by atoms with Crippen molar-refractivity contribution in [2.45, 2.75) is 19.9 Å². The Bertz CT molecular complexity index is 347. The molecule has 0 spiro atoms. The van der Waals surface area contributed by atoms with Crippen LogP contribution in [-0.2, 0) is 13.0 Å². The number of rotatable bonds is 6. The molecule has 0 atom stereocenters. The summed E-state index contributed by atoms with van der Waals surface area (Å²) >= 11 is 0. The molecule has 0 unspecified atom stereocenters. The van der Waals surface area contributed by atoms with Gasteiger partial charge in [0, 0.05) is 33.6 Å². The number of hydrogen-bond donors (Lipinski definition) is 2. The molecule has 0 aliphatic heterocycles. The van der Waals surface area contributed by atoms with Crippen LogP contribution >= 0.6 is 0 Å². The highest BCUT2D eigenvalue weighted by Gasteiger charge is 2.02. The lowest BCUT2D eigenvalue weighted by atomic mass is 10.3. The fourth-order valence-electron chi connectivity index (χ4n) is 1.33. The first-order chi connectivity index (χ1) is 8.13. The average Bonchev–Trinajstić information content (AvgIpc) is 2.76. The van der Waals surface area contributed by atoms with Gasteiger partial charge in [0.25, 0.3) is 0 Å². The van der Waals surface area contributed by atoms with Crippen LogP contribution in [-0.4, -0.2) is 38.1 Å². The first-order valence-corrected chi connectivity index (χ1v) is 5.87. The van der Waals surface area contributed by atoms with Crippen molar-refractivity contribution in [3.8, 4) is 0 Å². The molecule has 1 heterocycles. The fourth-order valence-corrected chi connectivity index (χ4v) is 1.33. The molecule has 5 heteroatoms. The summed E-state index contributed by atoms with van der Waals surface area (Å²) in [5, 5.41) is 5.99. The van der Waals surface area contributed by atoms with Gasteiger partial charge in [-0.1, -0.05) is 6.92 Å². The van der Waals surface area contributed by atoms with Crippen molar-refractivity contribution in [1.29, 1.82) is 0 Å². The van der Waals surface area contributed by atoms with Gasteiger partial charge in [0.2, 0.25) is 0 Å². The summed E-state index contributed by atoms with van der Waals surface area (Å²) in [6.45, 7) is 4.09. The van der Waals surface area contributed by atoms with Gasteiger partial charge in [0.15, 0.2) is 0 Å². The standard InChI is InChI=1S/C12H21N3O2/c1-4-10-5-6-11(17-10)9-13-7-8-14-12(16)15(2)3/h5-6,13H,4,7-9H2,1-3H3,(H,14,16). The van der Waals surface area contributed by atoms with E-state index in [1.807, 2.05) is 12.1 Å². The Morgan fingerprint density at radius 1 is 1.29 bits per heavy atom. The fraction of sp³-hybridized carbons (Fsp3) is 0.583. The van der Waals surface area contributed by atoms with Gasteiger partial charge in [-0.3, -0.25) is 0 Å². The molecular weight excluding hydrogens is 218 g/mol. The van der Waals surface area contributed by atoms with Crippen LogP contribution in [0.4, 0.5) is 4.79 Å². The van der Waals surface area contributed by atoms with E-state index in [2.05, 4.69) is 17.6 Å². The lowest BCUT2D eigenvalue weighted by Crippen LogP contribution is -2.38. The minimum atomic E-state index is -0.0712. The summed E-state index contributed by atoms with van der Waals surface area (Å²) in [7, 11) is 3.44. The number of carbonyl (C=O) groups is 1. The molecule has 2 amide bonds. The molecular formula is C12H21N3O2. The van der Waals surface area contributed by atoms with Gasteiger partial charge in [-0.15, -0.1) is 0 Å². The monoisotopic (exact) mass is 239 g/mol. The molecule has 0 aliphatic rings. The van der Waals surface area contributed by atoms with Crippen molar-refractivity contribution in [2.24, 2.45) is 0 Å². The van der Waals surface area contributed by atoms with E-state index in [4.69, 9.17) is 4.42 Å². The highest BCUT2D eigenvalue weighted by molar-refractivity contribution is 5.73. The minimum absolute atomic E-state index is 0.0712. The van der Waals surface area contributed by atoms with Crippen molar-refractivity contribution in [2.75, 3.05) is 27.2 Å². The second-order valence-corrected chi connectivity index (χ2v) is 4.02. The smallest absolute Gasteiger partial charge is 0.316 e. The van der Waals surface area contributed by atoms with E-state index < -0.39 is 0 Å². The largest absolute Gasteiger partial charge is 0.465 e. The van der Waals surface area contributed by atoms with E-state index in [1.54, 1.807) is 14.1 Å². The number of furan rings is 1. The summed E-state index contributed by atoms with van der Waals surface area (Å²) in [5.41, 5.74) is 0. The summed E-state index contributed by atoms with van der Waals surface area (Å²) in [5.74, 6) is 1.93. The Labute approximate surface area is 102 Å². The zero-order chi connectivity index (χ0) is 12.7. The Balaban J connectivity index is 2.10. The van der Waals surface area contributed by atoms with Crippen molar-refractivity contribution >= 4 is 6.03 Å². The van der Waals surface area contributed by atoms with Crippen molar-refractivity contribution in [1.82, 2.24) is 15.5 Å². The SMILES string of the molecule is CCc1ccc(CNCCNC(=O)N(C)C)o1. The molecule has 2 N–H and O–H groups in total. The lowest BCUT2D eigenvalue weighted by molar-refractivity contribution is 0.217. The van der Waals surface area contributed by atoms with E-state index in [0.29, 0.717) is 13.1 Å². The van der Waals surface area contributed by atoms with Gasteiger partial charge >= 0.3 is 6.03 Å². The third-order valence-electron chi connectivity index (χ3n) is 2.35. The van der Waals surface area contributed by atoms with Gasteiger partial charge in [-0.25, -0.2) is 4.79 Å². The van der Waals surface area contributed by atoms with Crippen LogP contribution in [0, 0.1) is 0 Å². The van der Waals surface area contributed by atoms with E-state index in [-0.39, 0.29) is 6.03 Å². The maximum atomic E-state index is 11.2. The number of carbonyl (C=O) groups excluding carboxylic acids is 1. The molecule has 0 saturated heterocycles. The Hall–Kier alpha value is -1.49. The number of nitrogens with zero attached hydrogens (tertiary/aromatic N) is 1. The molecule has 0 aliphatic carbocycles. The summed E-state index contributed by atoms with van der Waals surface area (Å²) in [6.07, 6.45) is 0.916. The second-order valence-electron chi connectivity index (χ2n) is 4.02. The molecule has 0 fully saturated rings. The Kier molecular flexibility index (Phi) is 5.56. The normalized spacial score (nSPS) is 10.3. The van der Waals surface area contributed by atoms with Crippen molar-refractivity contribution in [3.63, 3.8) is 0 Å². The predicted octanol–water partition coefficient (Wildman–Crippen LogP) is 1.20. The first-order valence-electron chi connectivity index (χ1n) is 5.87. The van der Waals surface area contributed by atoms with Gasteiger partial charge in [-0.2, -0.15) is 0 Å². The third-order valence-corrected chi connectivity index (χ3v) is 2.35. The molecule has 1 aromatic heterocycles. The van der Waals surface area contributed by atoms with Crippen molar-refractivity contribution in [3.05, 3.63) is 23.7 Å². The number of nitrogens with one attached hydrogen (secondary N) is 2.